The molecule has 11 nitrogen and oxygen atoms in total. The minimum atomic E-state index is -0.878. The molecule has 30 heavy (non-hydrogen) atoms. The maximum atomic E-state index is 12.8. The van der Waals surface area contributed by atoms with Crippen LogP contribution in [0.4, 0.5) is 5.69 Å². The number of aromatic nitrogens is 2. The number of carbonyl (C=O) groups is 3. The number of carbonyl (C=O) groups excluding carboxylic acids is 3. The number of hydrogen-bond acceptors (Lipinski definition) is 7. The van der Waals surface area contributed by atoms with Crippen molar-refractivity contribution < 1.29 is 28.7 Å². The number of hydrogen-bond donors (Lipinski definition) is 2. The van der Waals surface area contributed by atoms with E-state index in [1.807, 2.05) is 0 Å². The van der Waals surface area contributed by atoms with Gasteiger partial charge in [-0.25, -0.2) is 0 Å². The average Bonchev–Trinajstić information content (AvgIpc) is 3.13. The third-order valence-corrected chi connectivity index (χ3v) is 5.20. The van der Waals surface area contributed by atoms with Gasteiger partial charge in [0.1, 0.15) is 12.6 Å². The van der Waals surface area contributed by atoms with Crippen molar-refractivity contribution in [2.75, 3.05) is 11.9 Å². The molecular weight excluding hydrogens is 412 g/mol. The monoisotopic (exact) mass is 432 g/mol. The van der Waals surface area contributed by atoms with E-state index in [0.717, 1.165) is 0 Å². The molecule has 0 bridgehead atoms. The molecule has 1 aromatic heterocycles. The first kappa shape index (κ1) is 21.2. The minimum absolute atomic E-state index is 0.0227. The first-order chi connectivity index (χ1) is 14.2. The normalized spacial score (nSPS) is 16.3. The summed E-state index contributed by atoms with van der Waals surface area (Å²) in [6.07, 6.45) is -0.184. The van der Waals surface area contributed by atoms with Crippen molar-refractivity contribution in [1.29, 1.82) is 0 Å². The van der Waals surface area contributed by atoms with Gasteiger partial charge in [0.2, 0.25) is 11.8 Å². The highest BCUT2D eigenvalue weighted by Gasteiger charge is 2.44. The Hall–Kier alpha value is -3.54. The molecule has 1 saturated heterocycles. The van der Waals surface area contributed by atoms with E-state index in [4.69, 9.17) is 18.0 Å². The Morgan fingerprint density at radius 2 is 2.03 bits per heavy atom. The fourth-order valence-corrected chi connectivity index (χ4v) is 3.54. The molecule has 2 heterocycles. The minimum Gasteiger partial charge on any atom is -0.539 e. The van der Waals surface area contributed by atoms with E-state index in [-0.39, 0.29) is 29.7 Å². The van der Waals surface area contributed by atoms with E-state index in [2.05, 4.69) is 15.1 Å². The second kappa shape index (κ2) is 8.45. The Balaban J connectivity index is 1.76. The molecule has 3 N–H and O–H groups in total. The van der Waals surface area contributed by atoms with Gasteiger partial charge in [-0.05, 0) is 43.4 Å². The molecule has 1 unspecified atom stereocenters. The molecule has 0 radical (unpaired) electrons. The lowest BCUT2D eigenvalue weighted by atomic mass is 10.1. The average molecular weight is 432 g/mol. The standard InChI is InChI=1S/C18H20N6O5S/c1-3-23-16(27)12(24(18(23)30)9-13-17(28)29-21-22(13)2)8-14(25)20-11-6-4-10(5-7-11)15(19)26/h4-7,12H,3,8-9H2,1-2H3,(H3-,19,20,21,25,26,28). The second-order valence-electron chi connectivity index (χ2n) is 6.63. The number of aryl methyl sites for hydroxylation is 1. The number of primary amides is 1. The van der Waals surface area contributed by atoms with Crippen LogP contribution in [-0.4, -0.2) is 50.5 Å². The number of benzene rings is 1. The van der Waals surface area contributed by atoms with Crippen LogP contribution in [0.15, 0.2) is 28.8 Å². The summed E-state index contributed by atoms with van der Waals surface area (Å²) in [6, 6.07) is 5.17. The zero-order valence-electron chi connectivity index (χ0n) is 16.3. The number of nitrogens with one attached hydrogen (secondary N) is 1. The summed E-state index contributed by atoms with van der Waals surface area (Å²) < 4.78 is 5.88. The molecular formula is C18H20N6O5S. The molecule has 1 atom stereocenters. The largest absolute Gasteiger partial charge is 0.539 e. The Kier molecular flexibility index (Phi) is 5.96. The molecule has 1 aliphatic heterocycles. The summed E-state index contributed by atoms with van der Waals surface area (Å²) in [5, 5.41) is 18.3. The van der Waals surface area contributed by atoms with Crippen LogP contribution in [0, 0.1) is 0 Å². The number of anilines is 1. The van der Waals surface area contributed by atoms with Crippen LogP contribution in [0.1, 0.15) is 29.4 Å². The zero-order valence-corrected chi connectivity index (χ0v) is 17.1. The van der Waals surface area contributed by atoms with Crippen LogP contribution in [-0.2, 0) is 23.2 Å². The van der Waals surface area contributed by atoms with Gasteiger partial charge in [-0.15, -0.1) is 0 Å². The van der Waals surface area contributed by atoms with Crippen molar-refractivity contribution in [1.82, 2.24) is 15.1 Å². The number of nitrogens with zero attached hydrogens (tertiary/aromatic N) is 4. The van der Waals surface area contributed by atoms with Gasteiger partial charge in [-0.2, -0.15) is 0 Å². The number of rotatable bonds is 7. The molecule has 3 rings (SSSR count). The third kappa shape index (κ3) is 4.08. The topological polar surface area (TPSA) is 149 Å². The van der Waals surface area contributed by atoms with E-state index < -0.39 is 23.8 Å². The Morgan fingerprint density at radius 3 is 2.57 bits per heavy atom. The van der Waals surface area contributed by atoms with Gasteiger partial charge >= 0.3 is 0 Å². The van der Waals surface area contributed by atoms with Crippen LogP contribution < -0.4 is 20.8 Å². The van der Waals surface area contributed by atoms with Gasteiger partial charge < -0.3 is 25.6 Å². The predicted octanol–water partition coefficient (Wildman–Crippen LogP) is -0.982. The highest BCUT2D eigenvalue weighted by molar-refractivity contribution is 7.80. The molecule has 0 saturated carbocycles. The summed E-state index contributed by atoms with van der Waals surface area (Å²) >= 11 is 5.39. The van der Waals surface area contributed by atoms with Crippen molar-refractivity contribution in [3.05, 3.63) is 35.5 Å². The van der Waals surface area contributed by atoms with Gasteiger partial charge in [0.15, 0.2) is 18.1 Å². The van der Waals surface area contributed by atoms with Crippen molar-refractivity contribution in [2.45, 2.75) is 25.9 Å². The van der Waals surface area contributed by atoms with Crippen molar-refractivity contribution in [3.63, 3.8) is 0 Å². The first-order valence-corrected chi connectivity index (χ1v) is 9.47. The molecule has 158 valence electrons. The van der Waals surface area contributed by atoms with Crippen LogP contribution in [0.3, 0.4) is 0 Å². The molecule has 1 aliphatic rings. The fourth-order valence-electron chi connectivity index (χ4n) is 3.13. The molecule has 3 amide bonds. The van der Waals surface area contributed by atoms with Gasteiger partial charge in [0.25, 0.3) is 11.6 Å². The van der Waals surface area contributed by atoms with Gasteiger partial charge in [0, 0.05) is 17.8 Å². The summed E-state index contributed by atoms with van der Waals surface area (Å²) in [4.78, 5) is 39.4. The quantitative estimate of drug-likeness (QED) is 0.419. The van der Waals surface area contributed by atoms with E-state index in [1.54, 1.807) is 6.92 Å². The van der Waals surface area contributed by atoms with Crippen LogP contribution in [0.2, 0.25) is 0 Å². The maximum Gasteiger partial charge on any atom is 0.252 e. The van der Waals surface area contributed by atoms with E-state index in [0.29, 0.717) is 17.8 Å². The summed E-state index contributed by atoms with van der Waals surface area (Å²) in [6.45, 7) is 2.08. The maximum absolute atomic E-state index is 12.8. The Morgan fingerprint density at radius 1 is 1.37 bits per heavy atom. The van der Waals surface area contributed by atoms with Crippen LogP contribution in [0.5, 0.6) is 5.95 Å². The SMILES string of the molecule is CCN1C(=O)C(CC(=O)Nc2ccc(C(N)=O)cc2)N(Cc2c([O-])on[n+]2C)C1=S. The highest BCUT2D eigenvalue weighted by atomic mass is 32.1. The third-order valence-electron chi connectivity index (χ3n) is 4.74. The van der Waals surface area contributed by atoms with E-state index in [1.165, 1.54) is 45.8 Å². The lowest BCUT2D eigenvalue weighted by Gasteiger charge is -2.22. The molecule has 12 heteroatoms. The number of nitrogens with two attached hydrogens (primary N) is 1. The molecule has 0 spiro atoms. The van der Waals surface area contributed by atoms with Crippen molar-refractivity contribution in [3.8, 4) is 5.95 Å². The van der Waals surface area contributed by atoms with Crippen molar-refractivity contribution in [2.24, 2.45) is 12.8 Å². The number of thiocarbonyl (C=S) groups is 1. The van der Waals surface area contributed by atoms with Crippen LogP contribution >= 0.6 is 12.2 Å². The van der Waals surface area contributed by atoms with Crippen molar-refractivity contribution >= 4 is 40.7 Å². The lowest BCUT2D eigenvalue weighted by Crippen LogP contribution is -2.42. The second-order valence-corrected chi connectivity index (χ2v) is 7.00. The Bertz CT molecular complexity index is 985. The summed E-state index contributed by atoms with van der Waals surface area (Å²) in [5.41, 5.74) is 6.16. The number of amides is 3. The van der Waals surface area contributed by atoms with E-state index >= 15 is 0 Å². The van der Waals surface area contributed by atoms with Gasteiger partial charge in [-0.3, -0.25) is 19.3 Å². The fraction of sp³-hybridized carbons (Fsp3) is 0.333. The molecule has 1 fully saturated rings. The summed E-state index contributed by atoms with van der Waals surface area (Å²) in [5.74, 6) is -1.97. The lowest BCUT2D eigenvalue weighted by molar-refractivity contribution is -0.746. The predicted molar refractivity (Wildman–Crippen MR) is 105 cm³/mol. The Labute approximate surface area is 177 Å². The van der Waals surface area contributed by atoms with E-state index in [9.17, 15) is 19.5 Å². The smallest absolute Gasteiger partial charge is 0.252 e. The number of likely N-dealkylation sites (N-methyl/N-ethyl adjacent to an activating group) is 1. The summed E-state index contributed by atoms with van der Waals surface area (Å²) in [7, 11) is 1.54. The van der Waals surface area contributed by atoms with Gasteiger partial charge in [0.05, 0.1) is 11.7 Å². The van der Waals surface area contributed by atoms with Gasteiger partial charge in [-0.1, -0.05) is 4.68 Å². The van der Waals surface area contributed by atoms with Crippen LogP contribution in [0.25, 0.3) is 0 Å². The zero-order chi connectivity index (χ0) is 22.0. The molecule has 0 aliphatic carbocycles. The first-order valence-electron chi connectivity index (χ1n) is 9.06. The molecule has 1 aromatic carbocycles. The molecule has 2 aromatic rings. The highest BCUT2D eigenvalue weighted by Crippen LogP contribution is 2.24.